The molecular formula is C20H27N. The Labute approximate surface area is 129 Å². The molecule has 1 nitrogen and oxygen atoms in total. The van der Waals surface area contributed by atoms with E-state index in [0.717, 1.165) is 6.54 Å². The zero-order valence-corrected chi connectivity index (χ0v) is 14.0. The fourth-order valence-electron chi connectivity index (χ4n) is 2.96. The minimum Gasteiger partial charge on any atom is -0.289 e. The van der Waals surface area contributed by atoms with E-state index < -0.39 is 0 Å². The lowest BCUT2D eigenvalue weighted by molar-refractivity contribution is 0.807. The van der Waals surface area contributed by atoms with Gasteiger partial charge in [0, 0.05) is 18.2 Å². The summed E-state index contributed by atoms with van der Waals surface area (Å²) in [5.74, 6) is 0.414. The predicted molar refractivity (Wildman–Crippen MR) is 93.3 cm³/mol. The third-order valence-electron chi connectivity index (χ3n) is 4.61. The van der Waals surface area contributed by atoms with Gasteiger partial charge in [-0.1, -0.05) is 54.8 Å². The molecule has 1 aliphatic rings. The molecule has 0 aromatic heterocycles. The van der Waals surface area contributed by atoms with E-state index in [2.05, 4.69) is 65.0 Å². The first kappa shape index (κ1) is 15.8. The van der Waals surface area contributed by atoms with Crippen LogP contribution in [0.3, 0.4) is 0 Å². The number of hydrogen-bond donors (Lipinski definition) is 0. The van der Waals surface area contributed by atoms with Crippen LogP contribution in [0.2, 0.25) is 0 Å². The largest absolute Gasteiger partial charge is 0.289 e. The highest BCUT2D eigenvalue weighted by Gasteiger charge is 2.22. The highest BCUT2D eigenvalue weighted by molar-refractivity contribution is 6.00. The number of aliphatic imine (C=N–C) groups is 1. The maximum Gasteiger partial charge on any atom is 0.0392 e. The first-order valence-electron chi connectivity index (χ1n) is 8.02. The molecule has 2 rings (SSSR count). The Bertz CT molecular complexity index is 602. The van der Waals surface area contributed by atoms with Crippen molar-refractivity contribution < 1.29 is 0 Å². The molecule has 1 aromatic rings. The number of hydrogen-bond acceptors (Lipinski definition) is 1. The van der Waals surface area contributed by atoms with Gasteiger partial charge in [-0.2, -0.15) is 0 Å². The lowest BCUT2D eigenvalue weighted by Crippen LogP contribution is -2.06. The van der Waals surface area contributed by atoms with Gasteiger partial charge in [0.25, 0.3) is 0 Å². The van der Waals surface area contributed by atoms with Crippen LogP contribution < -0.4 is 0 Å². The fourth-order valence-corrected chi connectivity index (χ4v) is 2.96. The van der Waals surface area contributed by atoms with E-state index in [1.807, 2.05) is 0 Å². The van der Waals surface area contributed by atoms with Crippen molar-refractivity contribution in [1.29, 1.82) is 0 Å². The smallest absolute Gasteiger partial charge is 0.0392 e. The van der Waals surface area contributed by atoms with Crippen molar-refractivity contribution in [3.8, 4) is 0 Å². The predicted octanol–water partition coefficient (Wildman–Crippen LogP) is 5.68. The van der Waals surface area contributed by atoms with Crippen LogP contribution in [0, 0.1) is 0 Å². The second-order valence-corrected chi connectivity index (χ2v) is 6.04. The van der Waals surface area contributed by atoms with Gasteiger partial charge < -0.3 is 0 Å². The molecule has 0 aliphatic heterocycles. The fraction of sp³-hybridized carbons (Fsp3) is 0.450. The lowest BCUT2D eigenvalue weighted by Gasteiger charge is -2.16. The molecule has 0 saturated heterocycles. The third-order valence-corrected chi connectivity index (χ3v) is 4.61. The second kappa shape index (κ2) is 6.89. The standard InChI is InChI=1S/C20H27N/c1-6-7-12-21-17(5)18-10-8-9-11-19(18)20-13-14(2)15(3)16(20)4/h8-11,13,20H,6-7,12H2,1-5H3. The van der Waals surface area contributed by atoms with Crippen molar-refractivity contribution in [3.05, 3.63) is 58.2 Å². The van der Waals surface area contributed by atoms with Crippen LogP contribution in [0.15, 0.2) is 52.1 Å². The molecule has 21 heavy (non-hydrogen) atoms. The van der Waals surface area contributed by atoms with Crippen molar-refractivity contribution >= 4 is 5.71 Å². The highest BCUT2D eigenvalue weighted by atomic mass is 14.7. The van der Waals surface area contributed by atoms with Crippen molar-refractivity contribution in [3.63, 3.8) is 0 Å². The number of benzene rings is 1. The molecule has 0 bridgehead atoms. The van der Waals surface area contributed by atoms with Crippen molar-refractivity contribution in [1.82, 2.24) is 0 Å². The van der Waals surface area contributed by atoms with Crippen LogP contribution in [0.1, 0.15) is 64.5 Å². The van der Waals surface area contributed by atoms with E-state index in [1.165, 1.54) is 46.4 Å². The Balaban J connectivity index is 2.37. The molecule has 1 heteroatoms. The van der Waals surface area contributed by atoms with E-state index in [4.69, 9.17) is 4.99 Å². The molecule has 0 fully saturated rings. The van der Waals surface area contributed by atoms with Gasteiger partial charge in [-0.25, -0.2) is 0 Å². The summed E-state index contributed by atoms with van der Waals surface area (Å²) in [4.78, 5) is 4.76. The monoisotopic (exact) mass is 281 g/mol. The number of unbranched alkanes of at least 4 members (excludes halogenated alkanes) is 1. The average Bonchev–Trinajstić information content (AvgIpc) is 2.75. The zero-order chi connectivity index (χ0) is 15.4. The van der Waals surface area contributed by atoms with E-state index >= 15 is 0 Å². The molecule has 0 heterocycles. The summed E-state index contributed by atoms with van der Waals surface area (Å²) in [5.41, 5.74) is 8.19. The minimum atomic E-state index is 0.414. The van der Waals surface area contributed by atoms with Crippen molar-refractivity contribution in [2.75, 3.05) is 6.54 Å². The summed E-state index contributed by atoms with van der Waals surface area (Å²) in [6.45, 7) is 12.0. The highest BCUT2D eigenvalue weighted by Crippen LogP contribution is 2.38. The lowest BCUT2D eigenvalue weighted by atomic mass is 9.88. The van der Waals surface area contributed by atoms with Crippen LogP contribution in [0.25, 0.3) is 0 Å². The molecule has 0 radical (unpaired) electrons. The van der Waals surface area contributed by atoms with Crippen molar-refractivity contribution in [2.24, 2.45) is 4.99 Å². The summed E-state index contributed by atoms with van der Waals surface area (Å²) in [6.07, 6.45) is 4.76. The summed E-state index contributed by atoms with van der Waals surface area (Å²) in [5, 5.41) is 0. The van der Waals surface area contributed by atoms with Gasteiger partial charge in [0.1, 0.15) is 0 Å². The topological polar surface area (TPSA) is 12.4 Å². The molecule has 0 N–H and O–H groups in total. The Kier molecular flexibility index (Phi) is 5.17. The number of allylic oxidation sites excluding steroid dienone is 4. The molecule has 1 unspecified atom stereocenters. The molecule has 0 amide bonds. The Morgan fingerprint density at radius 2 is 1.86 bits per heavy atom. The Hall–Kier alpha value is -1.63. The molecule has 112 valence electrons. The molecule has 1 aliphatic carbocycles. The quantitative estimate of drug-likeness (QED) is 0.486. The zero-order valence-electron chi connectivity index (χ0n) is 14.0. The van der Waals surface area contributed by atoms with Crippen LogP contribution in [0.4, 0.5) is 0 Å². The van der Waals surface area contributed by atoms with Gasteiger partial charge in [-0.15, -0.1) is 0 Å². The molecule has 0 saturated carbocycles. The van der Waals surface area contributed by atoms with E-state index in [1.54, 1.807) is 0 Å². The summed E-state index contributed by atoms with van der Waals surface area (Å²) in [7, 11) is 0. The van der Waals surface area contributed by atoms with Gasteiger partial charge in [-0.3, -0.25) is 4.99 Å². The molecule has 0 spiro atoms. The molecular weight excluding hydrogens is 254 g/mol. The third kappa shape index (κ3) is 3.34. The summed E-state index contributed by atoms with van der Waals surface area (Å²) < 4.78 is 0. The van der Waals surface area contributed by atoms with Gasteiger partial charge >= 0.3 is 0 Å². The summed E-state index contributed by atoms with van der Waals surface area (Å²) in [6, 6.07) is 8.73. The normalized spacial score (nSPS) is 19.2. The first-order chi connectivity index (χ1) is 10.1. The van der Waals surface area contributed by atoms with E-state index in [-0.39, 0.29) is 0 Å². The average molecular weight is 281 g/mol. The maximum absolute atomic E-state index is 4.76. The number of rotatable bonds is 5. The number of nitrogens with zero attached hydrogens (tertiary/aromatic N) is 1. The van der Waals surface area contributed by atoms with Gasteiger partial charge in [0.15, 0.2) is 0 Å². The summed E-state index contributed by atoms with van der Waals surface area (Å²) >= 11 is 0. The Morgan fingerprint density at radius 3 is 2.48 bits per heavy atom. The van der Waals surface area contributed by atoms with E-state index in [9.17, 15) is 0 Å². The Morgan fingerprint density at radius 1 is 1.14 bits per heavy atom. The van der Waals surface area contributed by atoms with Gasteiger partial charge in [0.2, 0.25) is 0 Å². The first-order valence-corrected chi connectivity index (χ1v) is 8.02. The van der Waals surface area contributed by atoms with Gasteiger partial charge in [0.05, 0.1) is 0 Å². The van der Waals surface area contributed by atoms with E-state index in [0.29, 0.717) is 5.92 Å². The second-order valence-electron chi connectivity index (χ2n) is 6.04. The molecule has 1 atom stereocenters. The minimum absolute atomic E-state index is 0.414. The van der Waals surface area contributed by atoms with Crippen LogP contribution in [-0.4, -0.2) is 12.3 Å². The van der Waals surface area contributed by atoms with Crippen LogP contribution >= 0.6 is 0 Å². The SMILES string of the molecule is CCCCN=C(C)c1ccccc1C1C=C(C)C(C)=C1C. The van der Waals surface area contributed by atoms with Crippen LogP contribution in [-0.2, 0) is 0 Å². The van der Waals surface area contributed by atoms with Gasteiger partial charge in [-0.05, 0) is 50.8 Å². The van der Waals surface area contributed by atoms with Crippen LogP contribution in [0.5, 0.6) is 0 Å². The van der Waals surface area contributed by atoms with Crippen molar-refractivity contribution in [2.45, 2.75) is 53.4 Å². The molecule has 1 aromatic carbocycles. The maximum atomic E-state index is 4.76.